The van der Waals surface area contributed by atoms with Gasteiger partial charge in [-0.2, -0.15) is 5.10 Å². The van der Waals surface area contributed by atoms with Crippen molar-refractivity contribution in [3.05, 3.63) is 11.8 Å². The molecule has 2 unspecified atom stereocenters. The van der Waals surface area contributed by atoms with Crippen LogP contribution in [0, 0.1) is 18.8 Å². The van der Waals surface area contributed by atoms with E-state index in [2.05, 4.69) is 25.8 Å². The number of carbonyl (C=O) groups is 1. The SMILES string of the molecule is Cc1cc(NC(=O)NCC2CCCC(CN=C=O)C2)n[nH]1. The number of H-pyrrole nitrogens is 1. The fourth-order valence-electron chi connectivity index (χ4n) is 2.80. The number of aromatic nitrogens is 2. The van der Waals surface area contributed by atoms with Gasteiger partial charge >= 0.3 is 6.03 Å². The number of aryl methyl sites for hydroxylation is 1. The Bertz CT molecular complexity index is 521. The first-order valence-electron chi connectivity index (χ1n) is 7.28. The molecule has 2 rings (SSSR count). The maximum atomic E-state index is 11.8. The van der Waals surface area contributed by atoms with E-state index in [9.17, 15) is 9.59 Å². The van der Waals surface area contributed by atoms with Crippen LogP contribution in [-0.2, 0) is 4.79 Å². The molecule has 0 saturated heterocycles. The summed E-state index contributed by atoms with van der Waals surface area (Å²) in [5.41, 5.74) is 0.899. The van der Waals surface area contributed by atoms with Crippen LogP contribution < -0.4 is 10.6 Å². The molecular formula is C14H21N5O2. The minimum Gasteiger partial charge on any atom is -0.338 e. The van der Waals surface area contributed by atoms with Gasteiger partial charge in [-0.3, -0.25) is 10.4 Å². The molecule has 2 amide bonds. The zero-order chi connectivity index (χ0) is 15.1. The fraction of sp³-hybridized carbons (Fsp3) is 0.643. The Morgan fingerprint density at radius 1 is 1.52 bits per heavy atom. The lowest BCUT2D eigenvalue weighted by Crippen LogP contribution is -2.35. The molecule has 1 saturated carbocycles. The highest BCUT2D eigenvalue weighted by atomic mass is 16.2. The van der Waals surface area contributed by atoms with Crippen molar-refractivity contribution in [1.82, 2.24) is 15.5 Å². The molecule has 0 aliphatic heterocycles. The molecule has 0 spiro atoms. The molecule has 0 radical (unpaired) electrons. The topological polar surface area (TPSA) is 99.2 Å². The maximum Gasteiger partial charge on any atom is 0.320 e. The normalized spacial score (nSPS) is 21.4. The molecule has 7 heteroatoms. The summed E-state index contributed by atoms with van der Waals surface area (Å²) in [6, 6.07) is 1.53. The third kappa shape index (κ3) is 5.04. The molecule has 1 aliphatic carbocycles. The van der Waals surface area contributed by atoms with Crippen molar-refractivity contribution < 1.29 is 9.59 Å². The standard InChI is InChI=1S/C14H21N5O2/c1-10-5-13(19-18-10)17-14(21)16-8-12-4-2-3-11(6-12)7-15-9-20/h5,11-12H,2-4,6-8H2,1H3,(H3,16,17,18,19,21). The Labute approximate surface area is 123 Å². The van der Waals surface area contributed by atoms with E-state index in [0.29, 0.717) is 30.7 Å². The average Bonchev–Trinajstić information content (AvgIpc) is 2.88. The van der Waals surface area contributed by atoms with E-state index >= 15 is 0 Å². The second-order valence-electron chi connectivity index (χ2n) is 5.60. The minimum atomic E-state index is -0.241. The van der Waals surface area contributed by atoms with Gasteiger partial charge in [-0.05, 0) is 38.0 Å². The highest BCUT2D eigenvalue weighted by Gasteiger charge is 2.22. The molecule has 114 valence electrons. The molecule has 1 aliphatic rings. The van der Waals surface area contributed by atoms with Crippen molar-refractivity contribution in [3.8, 4) is 0 Å². The summed E-state index contributed by atoms with van der Waals surface area (Å²) in [5.74, 6) is 1.40. The predicted molar refractivity (Wildman–Crippen MR) is 78.8 cm³/mol. The largest absolute Gasteiger partial charge is 0.338 e. The number of urea groups is 1. The molecule has 1 aromatic heterocycles. The molecule has 7 nitrogen and oxygen atoms in total. The first-order valence-corrected chi connectivity index (χ1v) is 7.28. The van der Waals surface area contributed by atoms with E-state index in [1.165, 1.54) is 0 Å². The zero-order valence-electron chi connectivity index (χ0n) is 12.2. The molecule has 2 atom stereocenters. The highest BCUT2D eigenvalue weighted by Crippen LogP contribution is 2.28. The van der Waals surface area contributed by atoms with Gasteiger partial charge in [-0.1, -0.05) is 6.42 Å². The Morgan fingerprint density at radius 3 is 3.05 bits per heavy atom. The number of hydrogen-bond donors (Lipinski definition) is 3. The van der Waals surface area contributed by atoms with Crippen LogP contribution in [0.5, 0.6) is 0 Å². The van der Waals surface area contributed by atoms with Gasteiger partial charge in [0.05, 0.1) is 6.54 Å². The number of nitrogens with one attached hydrogen (secondary N) is 3. The number of aliphatic imine (C=N–C) groups is 1. The molecular weight excluding hydrogens is 270 g/mol. The second kappa shape index (κ2) is 7.59. The van der Waals surface area contributed by atoms with E-state index in [4.69, 9.17) is 0 Å². The van der Waals surface area contributed by atoms with Crippen molar-refractivity contribution >= 4 is 17.9 Å². The number of aromatic amines is 1. The quantitative estimate of drug-likeness (QED) is 0.571. The third-order valence-corrected chi connectivity index (χ3v) is 3.80. The van der Waals surface area contributed by atoms with Crippen molar-refractivity contribution in [3.63, 3.8) is 0 Å². The zero-order valence-corrected chi connectivity index (χ0v) is 12.2. The number of anilines is 1. The van der Waals surface area contributed by atoms with Gasteiger partial charge in [0.1, 0.15) is 0 Å². The maximum absolute atomic E-state index is 11.8. The third-order valence-electron chi connectivity index (χ3n) is 3.80. The summed E-state index contributed by atoms with van der Waals surface area (Å²) in [6.45, 7) is 3.06. The molecule has 1 fully saturated rings. The lowest BCUT2D eigenvalue weighted by atomic mass is 9.81. The van der Waals surface area contributed by atoms with E-state index in [1.54, 1.807) is 12.1 Å². The van der Waals surface area contributed by atoms with E-state index < -0.39 is 0 Å². The van der Waals surface area contributed by atoms with Crippen LogP contribution in [0.2, 0.25) is 0 Å². The van der Waals surface area contributed by atoms with Gasteiger partial charge in [0.2, 0.25) is 6.08 Å². The molecule has 21 heavy (non-hydrogen) atoms. The van der Waals surface area contributed by atoms with Gasteiger partial charge in [-0.25, -0.2) is 14.6 Å². The Morgan fingerprint density at radius 2 is 2.33 bits per heavy atom. The number of rotatable bonds is 5. The van der Waals surface area contributed by atoms with Crippen LogP contribution >= 0.6 is 0 Å². The summed E-state index contributed by atoms with van der Waals surface area (Å²) in [4.78, 5) is 25.6. The lowest BCUT2D eigenvalue weighted by molar-refractivity contribution is 0.239. The molecule has 3 N–H and O–H groups in total. The average molecular weight is 291 g/mol. The monoisotopic (exact) mass is 291 g/mol. The molecule has 1 aromatic rings. The van der Waals surface area contributed by atoms with Crippen molar-refractivity contribution in [2.75, 3.05) is 18.4 Å². The first-order chi connectivity index (χ1) is 10.2. The van der Waals surface area contributed by atoms with Crippen LogP contribution in [0.15, 0.2) is 11.1 Å². The van der Waals surface area contributed by atoms with E-state index in [0.717, 1.165) is 31.4 Å². The van der Waals surface area contributed by atoms with Crippen LogP contribution in [0.4, 0.5) is 10.6 Å². The van der Waals surface area contributed by atoms with Crippen molar-refractivity contribution in [2.24, 2.45) is 16.8 Å². The van der Waals surface area contributed by atoms with E-state index in [-0.39, 0.29) is 6.03 Å². The molecule has 0 bridgehead atoms. The summed E-state index contributed by atoms with van der Waals surface area (Å²) in [6.07, 6.45) is 5.90. The molecule has 0 aromatic carbocycles. The minimum absolute atomic E-state index is 0.241. The Kier molecular flexibility index (Phi) is 5.51. The molecule has 1 heterocycles. The number of carbonyl (C=O) groups excluding carboxylic acids is 2. The van der Waals surface area contributed by atoms with Gasteiger partial charge < -0.3 is 5.32 Å². The van der Waals surface area contributed by atoms with Gasteiger partial charge in [-0.15, -0.1) is 0 Å². The summed E-state index contributed by atoms with van der Waals surface area (Å²) in [5, 5.41) is 12.3. The van der Waals surface area contributed by atoms with Gasteiger partial charge in [0.15, 0.2) is 5.82 Å². The van der Waals surface area contributed by atoms with Crippen LogP contribution in [-0.4, -0.2) is 35.4 Å². The number of hydrogen-bond acceptors (Lipinski definition) is 4. The Hall–Kier alpha value is -2.14. The van der Waals surface area contributed by atoms with E-state index in [1.807, 2.05) is 6.92 Å². The number of amides is 2. The van der Waals surface area contributed by atoms with Crippen LogP contribution in [0.3, 0.4) is 0 Å². The summed E-state index contributed by atoms with van der Waals surface area (Å²) in [7, 11) is 0. The van der Waals surface area contributed by atoms with Gasteiger partial charge in [0.25, 0.3) is 0 Å². The highest BCUT2D eigenvalue weighted by molar-refractivity contribution is 5.88. The van der Waals surface area contributed by atoms with Crippen molar-refractivity contribution in [1.29, 1.82) is 0 Å². The lowest BCUT2D eigenvalue weighted by Gasteiger charge is -2.27. The fourth-order valence-corrected chi connectivity index (χ4v) is 2.80. The van der Waals surface area contributed by atoms with Crippen LogP contribution in [0.25, 0.3) is 0 Å². The summed E-state index contributed by atoms with van der Waals surface area (Å²) >= 11 is 0. The predicted octanol–water partition coefficient (Wildman–Crippen LogP) is 1.98. The Balaban J connectivity index is 1.71. The number of nitrogens with zero attached hydrogens (tertiary/aromatic N) is 2. The van der Waals surface area contributed by atoms with Crippen molar-refractivity contribution in [2.45, 2.75) is 32.6 Å². The summed E-state index contributed by atoms with van der Waals surface area (Å²) < 4.78 is 0. The van der Waals surface area contributed by atoms with Gasteiger partial charge in [0, 0.05) is 18.3 Å². The number of isocyanates is 1. The smallest absolute Gasteiger partial charge is 0.320 e. The second-order valence-corrected chi connectivity index (χ2v) is 5.60. The van der Waals surface area contributed by atoms with Crippen LogP contribution in [0.1, 0.15) is 31.4 Å². The first kappa shape index (κ1) is 15.3.